The molecule has 42 heavy (non-hydrogen) atoms. The van der Waals surface area contributed by atoms with E-state index in [4.69, 9.17) is 26.7 Å². The van der Waals surface area contributed by atoms with Gasteiger partial charge in [-0.3, -0.25) is 4.98 Å². The number of anilines is 1. The fraction of sp³-hybridized carbons (Fsp3) is 0.200. The van der Waals surface area contributed by atoms with E-state index in [0.29, 0.717) is 5.11 Å². The molecule has 0 spiro atoms. The van der Waals surface area contributed by atoms with Crippen molar-refractivity contribution in [2.45, 2.75) is 39.3 Å². The molecule has 0 bridgehead atoms. The number of aryl methyl sites for hydroxylation is 2. The maximum Gasteiger partial charge on any atom is 0.174 e. The molecule has 7 heteroatoms. The Balaban J connectivity index is 1.40. The number of nitrogens with zero attached hydrogens (tertiary/aromatic N) is 3. The van der Waals surface area contributed by atoms with Crippen LogP contribution in [0.4, 0.5) is 5.69 Å². The van der Waals surface area contributed by atoms with Crippen molar-refractivity contribution in [3.05, 3.63) is 131 Å². The SMILES string of the molecule is CCc1ccccc1-n1c(C)cc([C@@H]2[C@@H](c3ccccn3)NC(=S)N2c2ccc(Oc3ccc(OC)cc3)cc2)c1C. The number of rotatable bonds is 8. The third kappa shape index (κ3) is 5.12. The minimum atomic E-state index is -0.121. The van der Waals surface area contributed by atoms with Crippen molar-refractivity contribution >= 4 is 23.0 Å². The summed E-state index contributed by atoms with van der Waals surface area (Å²) in [6, 6.07) is 32.4. The van der Waals surface area contributed by atoms with Crippen LogP contribution in [0.25, 0.3) is 5.69 Å². The van der Waals surface area contributed by atoms with E-state index in [1.165, 1.54) is 28.2 Å². The first kappa shape index (κ1) is 27.5. The Hall–Kier alpha value is -4.62. The summed E-state index contributed by atoms with van der Waals surface area (Å²) in [7, 11) is 1.65. The molecule has 5 aromatic rings. The van der Waals surface area contributed by atoms with Gasteiger partial charge in [0.1, 0.15) is 17.2 Å². The fourth-order valence-corrected chi connectivity index (χ4v) is 6.24. The highest BCUT2D eigenvalue weighted by atomic mass is 32.1. The van der Waals surface area contributed by atoms with Crippen molar-refractivity contribution in [1.29, 1.82) is 0 Å². The summed E-state index contributed by atoms with van der Waals surface area (Å²) in [5.41, 5.74) is 8.05. The van der Waals surface area contributed by atoms with Gasteiger partial charge in [0.05, 0.1) is 24.9 Å². The smallest absolute Gasteiger partial charge is 0.174 e. The van der Waals surface area contributed by atoms with E-state index in [0.717, 1.165) is 35.1 Å². The lowest BCUT2D eigenvalue weighted by atomic mass is 9.96. The predicted molar refractivity (Wildman–Crippen MR) is 172 cm³/mol. The number of nitrogens with one attached hydrogen (secondary N) is 1. The van der Waals surface area contributed by atoms with E-state index in [1.807, 2.05) is 54.7 Å². The molecule has 0 saturated carbocycles. The Labute approximate surface area is 252 Å². The predicted octanol–water partition coefficient (Wildman–Crippen LogP) is 8.03. The molecule has 1 saturated heterocycles. The number of benzene rings is 3. The molecular formula is C35H34N4O2S. The van der Waals surface area contributed by atoms with Crippen molar-refractivity contribution in [2.75, 3.05) is 12.0 Å². The molecule has 2 atom stereocenters. The monoisotopic (exact) mass is 574 g/mol. The van der Waals surface area contributed by atoms with Gasteiger partial charge in [-0.05, 0) is 116 Å². The zero-order valence-electron chi connectivity index (χ0n) is 24.2. The van der Waals surface area contributed by atoms with Gasteiger partial charge in [-0.1, -0.05) is 31.2 Å². The normalized spacial score (nSPS) is 16.4. The number of thiocarbonyl (C=S) groups is 1. The summed E-state index contributed by atoms with van der Waals surface area (Å²) in [4.78, 5) is 6.94. The summed E-state index contributed by atoms with van der Waals surface area (Å²) in [5, 5.41) is 4.26. The molecule has 0 unspecified atom stereocenters. The highest BCUT2D eigenvalue weighted by molar-refractivity contribution is 7.80. The molecule has 1 fully saturated rings. The van der Waals surface area contributed by atoms with Crippen LogP contribution in [0.3, 0.4) is 0 Å². The molecular weight excluding hydrogens is 540 g/mol. The number of hydrogen-bond acceptors (Lipinski definition) is 4. The molecule has 0 aliphatic carbocycles. The standard InChI is InChI=1S/C35H34N4O2S/c1-5-25-10-6-7-12-32(25)38-23(2)22-30(24(38)3)34-33(31-11-8-9-21-36-31)37-35(42)39(34)26-13-15-28(16-14-26)41-29-19-17-27(40-4)18-20-29/h6-22,33-34H,5H2,1-4H3,(H,37,42)/t33-,34-/m1/s1. The first-order valence-electron chi connectivity index (χ1n) is 14.2. The van der Waals surface area contributed by atoms with E-state index >= 15 is 0 Å². The topological polar surface area (TPSA) is 51.6 Å². The summed E-state index contributed by atoms with van der Waals surface area (Å²) in [6.45, 7) is 6.58. The molecule has 1 aliphatic heterocycles. The number of aromatic nitrogens is 2. The van der Waals surface area contributed by atoms with Crippen LogP contribution in [-0.2, 0) is 6.42 Å². The Morgan fingerprint density at radius 2 is 1.52 bits per heavy atom. The zero-order valence-corrected chi connectivity index (χ0v) is 25.1. The number of pyridine rings is 1. The second kappa shape index (κ2) is 11.7. The zero-order chi connectivity index (χ0) is 29.2. The van der Waals surface area contributed by atoms with Crippen molar-refractivity contribution in [3.8, 4) is 22.9 Å². The third-order valence-electron chi connectivity index (χ3n) is 7.91. The molecule has 2 aromatic heterocycles. The molecule has 0 radical (unpaired) electrons. The number of hydrogen-bond donors (Lipinski definition) is 1. The van der Waals surface area contributed by atoms with Gasteiger partial charge in [0.2, 0.25) is 0 Å². The highest BCUT2D eigenvalue weighted by Crippen LogP contribution is 2.44. The Kier molecular flexibility index (Phi) is 7.68. The molecule has 3 aromatic carbocycles. The molecule has 1 N–H and O–H groups in total. The average molecular weight is 575 g/mol. The average Bonchev–Trinajstić information content (AvgIpc) is 3.52. The Morgan fingerprint density at radius 1 is 0.857 bits per heavy atom. The van der Waals surface area contributed by atoms with Crippen LogP contribution >= 0.6 is 12.2 Å². The minimum Gasteiger partial charge on any atom is -0.497 e. The Bertz CT molecular complexity index is 1700. The number of ether oxygens (including phenoxy) is 2. The van der Waals surface area contributed by atoms with Crippen molar-refractivity contribution in [1.82, 2.24) is 14.9 Å². The lowest BCUT2D eigenvalue weighted by Crippen LogP contribution is -2.29. The van der Waals surface area contributed by atoms with E-state index in [-0.39, 0.29) is 12.1 Å². The second-order valence-corrected chi connectivity index (χ2v) is 10.8. The summed E-state index contributed by atoms with van der Waals surface area (Å²) in [5.74, 6) is 2.28. The lowest BCUT2D eigenvalue weighted by Gasteiger charge is -2.28. The lowest BCUT2D eigenvalue weighted by molar-refractivity contribution is 0.413. The first-order valence-corrected chi connectivity index (χ1v) is 14.6. The highest BCUT2D eigenvalue weighted by Gasteiger charge is 2.42. The first-order chi connectivity index (χ1) is 20.5. The fourth-order valence-electron chi connectivity index (χ4n) is 5.89. The van der Waals surface area contributed by atoms with E-state index in [9.17, 15) is 0 Å². The number of methoxy groups -OCH3 is 1. The van der Waals surface area contributed by atoms with Crippen LogP contribution in [0.2, 0.25) is 0 Å². The molecule has 0 amide bonds. The van der Waals surface area contributed by atoms with E-state index in [1.54, 1.807) is 7.11 Å². The summed E-state index contributed by atoms with van der Waals surface area (Å²) >= 11 is 5.99. The van der Waals surface area contributed by atoms with Gasteiger partial charge in [0.25, 0.3) is 0 Å². The minimum absolute atomic E-state index is 0.102. The maximum atomic E-state index is 6.10. The van der Waals surface area contributed by atoms with Crippen LogP contribution in [0.15, 0.2) is 103 Å². The molecule has 6 nitrogen and oxygen atoms in total. The Morgan fingerprint density at radius 3 is 2.19 bits per heavy atom. The van der Waals surface area contributed by atoms with Crippen LogP contribution in [-0.4, -0.2) is 21.8 Å². The van der Waals surface area contributed by atoms with Gasteiger partial charge in [0.15, 0.2) is 5.11 Å². The molecule has 1 aliphatic rings. The van der Waals surface area contributed by atoms with Crippen LogP contribution < -0.4 is 19.7 Å². The maximum absolute atomic E-state index is 6.10. The van der Waals surface area contributed by atoms with Crippen LogP contribution in [0.5, 0.6) is 17.2 Å². The quantitative estimate of drug-likeness (QED) is 0.189. The second-order valence-electron chi connectivity index (χ2n) is 10.4. The largest absolute Gasteiger partial charge is 0.497 e. The van der Waals surface area contributed by atoms with Gasteiger partial charge in [-0.2, -0.15) is 0 Å². The van der Waals surface area contributed by atoms with Gasteiger partial charge in [0, 0.05) is 29.0 Å². The van der Waals surface area contributed by atoms with Gasteiger partial charge in [-0.15, -0.1) is 0 Å². The molecule has 212 valence electrons. The van der Waals surface area contributed by atoms with Gasteiger partial charge >= 0.3 is 0 Å². The molecule has 6 rings (SSSR count). The van der Waals surface area contributed by atoms with Gasteiger partial charge in [-0.25, -0.2) is 0 Å². The summed E-state index contributed by atoms with van der Waals surface area (Å²) in [6.07, 6.45) is 2.80. The van der Waals surface area contributed by atoms with Crippen LogP contribution in [0.1, 0.15) is 47.2 Å². The van der Waals surface area contributed by atoms with E-state index in [2.05, 4.69) is 84.1 Å². The summed E-state index contributed by atoms with van der Waals surface area (Å²) < 4.78 is 13.7. The van der Waals surface area contributed by atoms with Gasteiger partial charge < -0.3 is 24.3 Å². The van der Waals surface area contributed by atoms with E-state index < -0.39 is 0 Å². The molecule has 3 heterocycles. The van der Waals surface area contributed by atoms with Crippen molar-refractivity contribution in [2.24, 2.45) is 0 Å². The van der Waals surface area contributed by atoms with Crippen LogP contribution in [0, 0.1) is 13.8 Å². The third-order valence-corrected chi connectivity index (χ3v) is 8.23. The van der Waals surface area contributed by atoms with Crippen molar-refractivity contribution < 1.29 is 9.47 Å². The van der Waals surface area contributed by atoms with Crippen molar-refractivity contribution in [3.63, 3.8) is 0 Å². The number of para-hydroxylation sites is 1.